The van der Waals surface area contributed by atoms with Crippen molar-refractivity contribution in [1.29, 1.82) is 0 Å². The van der Waals surface area contributed by atoms with Gasteiger partial charge in [0.1, 0.15) is 0 Å². The predicted molar refractivity (Wildman–Crippen MR) is 71.7 cm³/mol. The summed E-state index contributed by atoms with van der Waals surface area (Å²) < 4.78 is 0. The highest BCUT2D eigenvalue weighted by Gasteiger charge is 2.17. The van der Waals surface area contributed by atoms with E-state index in [0.29, 0.717) is 12.0 Å². The van der Waals surface area contributed by atoms with E-state index < -0.39 is 0 Å². The van der Waals surface area contributed by atoms with E-state index in [0.717, 1.165) is 6.54 Å². The lowest BCUT2D eigenvalue weighted by Gasteiger charge is -2.25. The van der Waals surface area contributed by atoms with Gasteiger partial charge in [0.05, 0.1) is 0 Å². The van der Waals surface area contributed by atoms with Crippen LogP contribution in [0.15, 0.2) is 24.3 Å². The summed E-state index contributed by atoms with van der Waals surface area (Å²) in [5.74, 6) is 0.702. The van der Waals surface area contributed by atoms with E-state index in [2.05, 4.69) is 57.3 Å². The minimum absolute atomic E-state index is 0.505. The Labute approximate surface area is 100 Å². The van der Waals surface area contributed by atoms with Crippen molar-refractivity contribution in [1.82, 2.24) is 5.32 Å². The van der Waals surface area contributed by atoms with Crippen LogP contribution in [0.1, 0.15) is 50.8 Å². The van der Waals surface area contributed by atoms with Crippen LogP contribution in [0, 0.1) is 12.8 Å². The van der Waals surface area contributed by atoms with Crippen molar-refractivity contribution >= 4 is 0 Å². The Hall–Kier alpha value is -0.820. The van der Waals surface area contributed by atoms with Gasteiger partial charge < -0.3 is 5.32 Å². The Morgan fingerprint density at radius 1 is 1.12 bits per heavy atom. The van der Waals surface area contributed by atoms with Crippen molar-refractivity contribution in [3.63, 3.8) is 0 Å². The molecule has 0 aliphatic heterocycles. The summed E-state index contributed by atoms with van der Waals surface area (Å²) in [5.41, 5.74) is 2.76. The molecule has 0 aliphatic carbocycles. The first-order valence-electron chi connectivity index (χ1n) is 6.49. The summed E-state index contributed by atoms with van der Waals surface area (Å²) in [7, 11) is 0. The van der Waals surface area contributed by atoms with Crippen LogP contribution in [0.3, 0.4) is 0 Å². The van der Waals surface area contributed by atoms with Crippen molar-refractivity contribution in [2.75, 3.05) is 6.54 Å². The largest absolute Gasteiger partial charge is 0.310 e. The average Bonchev–Trinajstić information content (AvgIpc) is 2.28. The quantitative estimate of drug-likeness (QED) is 0.760. The Kier molecular flexibility index (Phi) is 5.54. The molecule has 0 saturated carbocycles. The number of aryl methyl sites for hydroxylation is 1. The number of hydrogen-bond donors (Lipinski definition) is 1. The van der Waals surface area contributed by atoms with Gasteiger partial charge in [0.15, 0.2) is 0 Å². The minimum Gasteiger partial charge on any atom is -0.310 e. The third kappa shape index (κ3) is 3.64. The van der Waals surface area contributed by atoms with Crippen LogP contribution in [0.25, 0.3) is 0 Å². The van der Waals surface area contributed by atoms with Crippen LogP contribution in [-0.2, 0) is 0 Å². The summed E-state index contributed by atoms with van der Waals surface area (Å²) in [6, 6.07) is 9.44. The van der Waals surface area contributed by atoms with Gasteiger partial charge in [0.25, 0.3) is 0 Å². The zero-order chi connectivity index (χ0) is 12.0. The first-order valence-corrected chi connectivity index (χ1v) is 6.49. The molecule has 1 heteroatoms. The Morgan fingerprint density at radius 2 is 1.75 bits per heavy atom. The van der Waals surface area contributed by atoms with Gasteiger partial charge in [0, 0.05) is 6.04 Å². The Bertz CT molecular complexity index is 289. The molecule has 2 atom stereocenters. The highest BCUT2D eigenvalue weighted by Crippen LogP contribution is 2.25. The molecule has 0 saturated heterocycles. The van der Waals surface area contributed by atoms with Gasteiger partial charge in [0.2, 0.25) is 0 Å². The number of hydrogen-bond acceptors (Lipinski definition) is 1. The van der Waals surface area contributed by atoms with E-state index in [1.807, 2.05) is 0 Å². The van der Waals surface area contributed by atoms with E-state index >= 15 is 0 Å². The fourth-order valence-electron chi connectivity index (χ4n) is 2.26. The average molecular weight is 219 g/mol. The monoisotopic (exact) mass is 219 g/mol. The molecule has 2 unspecified atom stereocenters. The minimum atomic E-state index is 0.505. The number of nitrogens with one attached hydrogen (secondary N) is 1. The second-order valence-electron chi connectivity index (χ2n) is 4.71. The molecule has 1 nitrogen and oxygen atoms in total. The first-order chi connectivity index (χ1) is 7.69. The van der Waals surface area contributed by atoms with Crippen molar-refractivity contribution in [2.45, 2.75) is 46.6 Å². The second-order valence-corrected chi connectivity index (χ2v) is 4.71. The molecule has 0 radical (unpaired) electrons. The molecule has 0 spiro atoms. The van der Waals surface area contributed by atoms with Gasteiger partial charge in [-0.05, 0) is 31.4 Å². The van der Waals surface area contributed by atoms with E-state index in [4.69, 9.17) is 0 Å². The molecular formula is C15H25N. The summed E-state index contributed by atoms with van der Waals surface area (Å²) in [6.07, 6.45) is 2.54. The zero-order valence-corrected chi connectivity index (χ0v) is 11.1. The van der Waals surface area contributed by atoms with Crippen LogP contribution in [0.2, 0.25) is 0 Å². The molecule has 0 amide bonds. The fourth-order valence-corrected chi connectivity index (χ4v) is 2.26. The molecule has 1 aromatic carbocycles. The second kappa shape index (κ2) is 6.70. The van der Waals surface area contributed by atoms with Gasteiger partial charge in [-0.2, -0.15) is 0 Å². The maximum Gasteiger partial charge on any atom is 0.0345 e. The third-order valence-corrected chi connectivity index (χ3v) is 3.17. The standard InChI is InChI=1S/C15H25N/c1-5-7-13(4)15(16-6-2)14-10-8-12(3)9-11-14/h8-11,13,15-16H,5-7H2,1-4H3. The summed E-state index contributed by atoms with van der Waals surface area (Å²) in [6.45, 7) is 9.96. The summed E-state index contributed by atoms with van der Waals surface area (Å²) >= 11 is 0. The first kappa shape index (κ1) is 13.2. The Morgan fingerprint density at radius 3 is 2.25 bits per heavy atom. The van der Waals surface area contributed by atoms with E-state index in [1.165, 1.54) is 24.0 Å². The van der Waals surface area contributed by atoms with E-state index in [1.54, 1.807) is 0 Å². The van der Waals surface area contributed by atoms with Crippen molar-refractivity contribution in [3.8, 4) is 0 Å². The number of benzene rings is 1. The molecule has 1 aromatic rings. The molecule has 90 valence electrons. The maximum absolute atomic E-state index is 3.60. The zero-order valence-electron chi connectivity index (χ0n) is 11.1. The molecule has 0 heterocycles. The predicted octanol–water partition coefficient (Wildman–Crippen LogP) is 4.08. The van der Waals surface area contributed by atoms with Gasteiger partial charge in [-0.1, -0.05) is 57.0 Å². The van der Waals surface area contributed by atoms with Crippen molar-refractivity contribution in [2.24, 2.45) is 5.92 Å². The molecule has 0 fully saturated rings. The summed E-state index contributed by atoms with van der Waals surface area (Å²) in [5, 5.41) is 3.60. The van der Waals surface area contributed by atoms with Crippen LogP contribution in [-0.4, -0.2) is 6.54 Å². The molecule has 0 bridgehead atoms. The van der Waals surface area contributed by atoms with E-state index in [9.17, 15) is 0 Å². The van der Waals surface area contributed by atoms with Crippen LogP contribution in [0.5, 0.6) is 0 Å². The maximum atomic E-state index is 3.60. The molecule has 16 heavy (non-hydrogen) atoms. The van der Waals surface area contributed by atoms with Crippen molar-refractivity contribution in [3.05, 3.63) is 35.4 Å². The molecule has 0 aliphatic rings. The van der Waals surface area contributed by atoms with Gasteiger partial charge >= 0.3 is 0 Å². The molecule has 0 aromatic heterocycles. The lowest BCUT2D eigenvalue weighted by atomic mass is 9.90. The summed E-state index contributed by atoms with van der Waals surface area (Å²) in [4.78, 5) is 0. The topological polar surface area (TPSA) is 12.0 Å². The molecular weight excluding hydrogens is 194 g/mol. The SMILES string of the molecule is CCCC(C)C(NCC)c1ccc(C)cc1. The van der Waals surface area contributed by atoms with Crippen molar-refractivity contribution < 1.29 is 0 Å². The van der Waals surface area contributed by atoms with Gasteiger partial charge in [-0.15, -0.1) is 0 Å². The van der Waals surface area contributed by atoms with Gasteiger partial charge in [-0.3, -0.25) is 0 Å². The smallest absolute Gasteiger partial charge is 0.0345 e. The van der Waals surface area contributed by atoms with Crippen LogP contribution >= 0.6 is 0 Å². The normalized spacial score (nSPS) is 14.8. The lowest BCUT2D eigenvalue weighted by molar-refractivity contribution is 0.369. The van der Waals surface area contributed by atoms with E-state index in [-0.39, 0.29) is 0 Å². The number of rotatable bonds is 6. The molecule has 1 N–H and O–H groups in total. The molecule has 1 rings (SSSR count). The van der Waals surface area contributed by atoms with Crippen LogP contribution < -0.4 is 5.32 Å². The third-order valence-electron chi connectivity index (χ3n) is 3.17. The lowest BCUT2D eigenvalue weighted by Crippen LogP contribution is -2.26. The highest BCUT2D eigenvalue weighted by molar-refractivity contribution is 5.24. The van der Waals surface area contributed by atoms with Crippen LogP contribution in [0.4, 0.5) is 0 Å². The highest BCUT2D eigenvalue weighted by atomic mass is 14.9. The fraction of sp³-hybridized carbons (Fsp3) is 0.600. The van der Waals surface area contributed by atoms with Gasteiger partial charge in [-0.25, -0.2) is 0 Å². The Balaban J connectivity index is 2.79.